The number of pyridine rings is 1. The molecule has 6 heteroatoms. The van der Waals surface area contributed by atoms with Gasteiger partial charge in [-0.15, -0.1) is 11.3 Å². The lowest BCUT2D eigenvalue weighted by atomic mass is 10.1. The number of fused-ring (bicyclic) bond motifs is 4. The molecule has 0 saturated heterocycles. The van der Waals surface area contributed by atoms with E-state index >= 15 is 0 Å². The van der Waals surface area contributed by atoms with E-state index in [1.807, 2.05) is 36.0 Å². The Kier molecular flexibility index (Phi) is 5.15. The SMILES string of the molecule is Cn1c(-c2ccc3c4cc(-c5nccs5)ccc4n(-c4cccc(-c5ccccn5)c4)c3c2)nc2ccccc21. The van der Waals surface area contributed by atoms with Crippen molar-refractivity contribution in [1.82, 2.24) is 24.1 Å². The Bertz CT molecular complexity index is 2170. The summed E-state index contributed by atoms with van der Waals surface area (Å²) in [5.41, 5.74) is 9.73. The number of imidazole rings is 1. The Morgan fingerprint density at radius 1 is 0.625 bits per heavy atom. The second kappa shape index (κ2) is 9.00. The molecule has 0 aliphatic rings. The Hall–Kier alpha value is -5.07. The van der Waals surface area contributed by atoms with Crippen LogP contribution in [-0.4, -0.2) is 24.1 Å². The van der Waals surface area contributed by atoms with Crippen LogP contribution >= 0.6 is 11.3 Å². The van der Waals surface area contributed by atoms with E-state index in [0.717, 1.165) is 61.0 Å². The summed E-state index contributed by atoms with van der Waals surface area (Å²) in [6.07, 6.45) is 3.70. The standard InChI is InChI=1S/C34H23N5S/c1-38-31-11-3-2-10-29(31)37-33(38)23-12-14-26-27-20-24(34-36-17-18-40-34)13-15-30(27)39(32(26)21-23)25-8-6-7-22(19-25)28-9-4-5-16-35-28/h2-21H,1H3. The van der Waals surface area contributed by atoms with Crippen LogP contribution in [0.3, 0.4) is 0 Å². The maximum absolute atomic E-state index is 4.99. The predicted molar refractivity (Wildman–Crippen MR) is 165 cm³/mol. The Labute approximate surface area is 234 Å². The van der Waals surface area contributed by atoms with Gasteiger partial charge in [0.15, 0.2) is 0 Å². The number of aromatic nitrogens is 5. The van der Waals surface area contributed by atoms with Gasteiger partial charge in [0, 0.05) is 58.0 Å². The molecule has 8 aromatic rings. The van der Waals surface area contributed by atoms with Crippen LogP contribution in [0.2, 0.25) is 0 Å². The van der Waals surface area contributed by atoms with E-state index < -0.39 is 0 Å². The molecular weight excluding hydrogens is 510 g/mol. The molecule has 0 N–H and O–H groups in total. The van der Waals surface area contributed by atoms with Crippen molar-refractivity contribution in [1.29, 1.82) is 0 Å². The fourth-order valence-electron chi connectivity index (χ4n) is 5.68. The number of para-hydroxylation sites is 2. The molecule has 0 radical (unpaired) electrons. The van der Waals surface area contributed by atoms with Gasteiger partial charge in [0.2, 0.25) is 0 Å². The summed E-state index contributed by atoms with van der Waals surface area (Å²) in [7, 11) is 2.08. The second-order valence-electron chi connectivity index (χ2n) is 9.88. The van der Waals surface area contributed by atoms with Crippen molar-refractivity contribution in [3.63, 3.8) is 0 Å². The largest absolute Gasteiger partial charge is 0.327 e. The quantitative estimate of drug-likeness (QED) is 0.228. The average molecular weight is 534 g/mol. The lowest BCUT2D eigenvalue weighted by Crippen LogP contribution is -1.96. The highest BCUT2D eigenvalue weighted by atomic mass is 32.1. The number of aryl methyl sites for hydroxylation is 1. The van der Waals surface area contributed by atoms with Gasteiger partial charge in [0.1, 0.15) is 10.8 Å². The summed E-state index contributed by atoms with van der Waals surface area (Å²) in [5.74, 6) is 0.950. The van der Waals surface area contributed by atoms with E-state index in [0.29, 0.717) is 0 Å². The van der Waals surface area contributed by atoms with E-state index in [2.05, 4.69) is 111 Å². The topological polar surface area (TPSA) is 48.5 Å². The van der Waals surface area contributed by atoms with Gasteiger partial charge in [-0.3, -0.25) is 4.98 Å². The zero-order valence-electron chi connectivity index (χ0n) is 21.7. The van der Waals surface area contributed by atoms with Crippen molar-refractivity contribution in [2.24, 2.45) is 7.05 Å². The molecule has 190 valence electrons. The first-order valence-electron chi connectivity index (χ1n) is 13.2. The number of benzene rings is 4. The van der Waals surface area contributed by atoms with Crippen LogP contribution < -0.4 is 0 Å². The smallest absolute Gasteiger partial charge is 0.140 e. The van der Waals surface area contributed by atoms with Crippen LogP contribution in [0, 0.1) is 0 Å². The molecule has 0 saturated carbocycles. The molecule has 0 fully saturated rings. The fraction of sp³-hybridized carbons (Fsp3) is 0.0294. The van der Waals surface area contributed by atoms with E-state index in [1.165, 1.54) is 10.8 Å². The zero-order chi connectivity index (χ0) is 26.6. The molecule has 4 heterocycles. The highest BCUT2D eigenvalue weighted by molar-refractivity contribution is 7.13. The third-order valence-electron chi connectivity index (χ3n) is 7.56. The van der Waals surface area contributed by atoms with Gasteiger partial charge in [-0.2, -0.15) is 0 Å². The minimum atomic E-state index is 0.950. The molecule has 40 heavy (non-hydrogen) atoms. The Morgan fingerprint density at radius 2 is 1.52 bits per heavy atom. The van der Waals surface area contributed by atoms with Crippen molar-refractivity contribution in [3.05, 3.63) is 121 Å². The first-order valence-corrected chi connectivity index (χ1v) is 14.0. The van der Waals surface area contributed by atoms with E-state index in [1.54, 1.807) is 11.3 Å². The van der Waals surface area contributed by atoms with Crippen molar-refractivity contribution in [3.8, 4) is 38.9 Å². The maximum atomic E-state index is 4.99. The minimum absolute atomic E-state index is 0.950. The third kappa shape index (κ3) is 3.57. The molecule has 0 aliphatic heterocycles. The lowest BCUT2D eigenvalue weighted by Gasteiger charge is -2.11. The second-order valence-corrected chi connectivity index (χ2v) is 10.8. The molecule has 0 aliphatic carbocycles. The van der Waals surface area contributed by atoms with E-state index in [-0.39, 0.29) is 0 Å². The van der Waals surface area contributed by atoms with Gasteiger partial charge < -0.3 is 9.13 Å². The summed E-state index contributed by atoms with van der Waals surface area (Å²) in [5, 5.41) is 5.44. The highest BCUT2D eigenvalue weighted by Gasteiger charge is 2.17. The van der Waals surface area contributed by atoms with Crippen molar-refractivity contribution < 1.29 is 0 Å². The number of thiazole rings is 1. The molecule has 4 aromatic carbocycles. The van der Waals surface area contributed by atoms with Gasteiger partial charge in [-0.1, -0.05) is 42.5 Å². The molecular formula is C34H23N5S. The number of rotatable bonds is 4. The number of nitrogens with zero attached hydrogens (tertiary/aromatic N) is 5. The molecule has 0 bridgehead atoms. The molecule has 4 aromatic heterocycles. The summed E-state index contributed by atoms with van der Waals surface area (Å²) >= 11 is 1.66. The molecule has 0 unspecified atom stereocenters. The summed E-state index contributed by atoms with van der Waals surface area (Å²) in [4.78, 5) is 14.1. The summed E-state index contributed by atoms with van der Waals surface area (Å²) < 4.78 is 4.53. The van der Waals surface area contributed by atoms with Crippen LogP contribution in [0.15, 0.2) is 121 Å². The van der Waals surface area contributed by atoms with Crippen molar-refractivity contribution in [2.45, 2.75) is 0 Å². The third-order valence-corrected chi connectivity index (χ3v) is 8.38. The number of hydrogen-bond donors (Lipinski definition) is 0. The van der Waals surface area contributed by atoms with Gasteiger partial charge in [0.25, 0.3) is 0 Å². The summed E-state index contributed by atoms with van der Waals surface area (Å²) in [6, 6.07) is 36.3. The lowest BCUT2D eigenvalue weighted by molar-refractivity contribution is 0.959. The zero-order valence-corrected chi connectivity index (χ0v) is 22.5. The van der Waals surface area contributed by atoms with Crippen LogP contribution in [0.4, 0.5) is 0 Å². The summed E-state index contributed by atoms with van der Waals surface area (Å²) in [6.45, 7) is 0. The Balaban J connectivity index is 1.40. The van der Waals surface area contributed by atoms with Gasteiger partial charge in [-0.05, 0) is 60.7 Å². The maximum Gasteiger partial charge on any atom is 0.140 e. The van der Waals surface area contributed by atoms with Crippen molar-refractivity contribution >= 4 is 44.2 Å². The van der Waals surface area contributed by atoms with Crippen molar-refractivity contribution in [2.75, 3.05) is 0 Å². The Morgan fingerprint density at radius 3 is 2.38 bits per heavy atom. The predicted octanol–water partition coefficient (Wildman–Crippen LogP) is 8.52. The van der Waals surface area contributed by atoms with Gasteiger partial charge >= 0.3 is 0 Å². The molecule has 5 nitrogen and oxygen atoms in total. The monoisotopic (exact) mass is 533 g/mol. The molecule has 8 rings (SSSR count). The van der Waals surface area contributed by atoms with Crippen LogP contribution in [-0.2, 0) is 7.05 Å². The minimum Gasteiger partial charge on any atom is -0.327 e. The molecule has 0 atom stereocenters. The average Bonchev–Trinajstić information content (AvgIpc) is 3.74. The van der Waals surface area contributed by atoms with E-state index in [4.69, 9.17) is 4.98 Å². The van der Waals surface area contributed by atoms with Crippen LogP contribution in [0.25, 0.3) is 71.7 Å². The van der Waals surface area contributed by atoms with Gasteiger partial charge in [-0.25, -0.2) is 9.97 Å². The molecule has 0 spiro atoms. The van der Waals surface area contributed by atoms with Crippen LogP contribution in [0.5, 0.6) is 0 Å². The number of hydrogen-bond acceptors (Lipinski definition) is 4. The molecule has 0 amide bonds. The normalized spacial score (nSPS) is 11.6. The highest BCUT2D eigenvalue weighted by Crippen LogP contribution is 2.38. The fourth-order valence-corrected chi connectivity index (χ4v) is 6.31. The van der Waals surface area contributed by atoms with Crippen LogP contribution in [0.1, 0.15) is 0 Å². The first kappa shape index (κ1) is 22.9. The van der Waals surface area contributed by atoms with Gasteiger partial charge in [0.05, 0.1) is 27.8 Å². The van der Waals surface area contributed by atoms with E-state index in [9.17, 15) is 0 Å². The first-order chi connectivity index (χ1) is 19.7.